The fourth-order valence-corrected chi connectivity index (χ4v) is 5.78. The van der Waals surface area contributed by atoms with Gasteiger partial charge in [-0.15, -0.1) is 0 Å². The van der Waals surface area contributed by atoms with Crippen LogP contribution in [0.15, 0.2) is 30.3 Å². The topological polar surface area (TPSA) is 86.3 Å². The highest BCUT2D eigenvalue weighted by molar-refractivity contribution is 5.73. The van der Waals surface area contributed by atoms with Gasteiger partial charge in [0.05, 0.1) is 51.5 Å². The third-order valence-electron chi connectivity index (χ3n) is 7.37. The molecule has 4 unspecified atom stereocenters. The molecule has 8 nitrogen and oxygen atoms in total. The Morgan fingerprint density at radius 3 is 1.89 bits per heavy atom. The Kier molecular flexibility index (Phi) is 9.54. The highest BCUT2D eigenvalue weighted by Crippen LogP contribution is 2.33. The van der Waals surface area contributed by atoms with E-state index < -0.39 is 0 Å². The van der Waals surface area contributed by atoms with E-state index in [-0.39, 0.29) is 23.8 Å². The third-order valence-corrected chi connectivity index (χ3v) is 7.37. The van der Waals surface area contributed by atoms with Crippen molar-refractivity contribution in [1.82, 2.24) is 10.2 Å². The molecule has 4 bridgehead atoms. The Bertz CT molecular complexity index is 795. The molecule has 0 aliphatic carbocycles. The van der Waals surface area contributed by atoms with Gasteiger partial charge in [0.15, 0.2) is 0 Å². The van der Waals surface area contributed by atoms with E-state index >= 15 is 0 Å². The second-order valence-corrected chi connectivity index (χ2v) is 9.94. The molecule has 35 heavy (non-hydrogen) atoms. The Morgan fingerprint density at radius 1 is 0.829 bits per heavy atom. The lowest BCUT2D eigenvalue weighted by atomic mass is 9.84. The van der Waals surface area contributed by atoms with Crippen LogP contribution >= 0.6 is 0 Å². The molecule has 8 heteroatoms. The summed E-state index contributed by atoms with van der Waals surface area (Å²) in [5.41, 5.74) is 1.32. The number of rotatable bonds is 6. The van der Waals surface area contributed by atoms with Gasteiger partial charge < -0.3 is 24.3 Å². The van der Waals surface area contributed by atoms with Crippen LogP contribution in [0.2, 0.25) is 0 Å². The summed E-state index contributed by atoms with van der Waals surface area (Å²) in [4.78, 5) is 26.1. The van der Waals surface area contributed by atoms with Crippen LogP contribution in [0, 0.1) is 11.8 Å². The van der Waals surface area contributed by atoms with E-state index in [0.717, 1.165) is 58.7 Å². The highest BCUT2D eigenvalue weighted by atomic mass is 16.5. The molecule has 1 aromatic rings. The number of ether oxygens (including phenoxy) is 4. The van der Waals surface area contributed by atoms with Crippen LogP contribution in [0.5, 0.6) is 0 Å². The Labute approximate surface area is 208 Å². The van der Waals surface area contributed by atoms with E-state index in [4.69, 9.17) is 18.9 Å². The maximum atomic E-state index is 12.0. The number of nitrogens with one attached hydrogen (secondary N) is 1. The van der Waals surface area contributed by atoms with Crippen molar-refractivity contribution in [2.45, 2.75) is 70.2 Å². The Hall–Kier alpha value is -2.00. The zero-order chi connectivity index (χ0) is 24.6. The molecule has 0 amide bonds. The van der Waals surface area contributed by atoms with Crippen LogP contribution in [0.25, 0.3) is 0 Å². The van der Waals surface area contributed by atoms with Gasteiger partial charge in [-0.3, -0.25) is 14.5 Å². The maximum absolute atomic E-state index is 12.0. The van der Waals surface area contributed by atoms with Crippen molar-refractivity contribution in [2.24, 2.45) is 11.8 Å². The average molecular weight is 489 g/mol. The van der Waals surface area contributed by atoms with Crippen molar-refractivity contribution in [3.8, 4) is 0 Å². The van der Waals surface area contributed by atoms with Gasteiger partial charge in [-0.2, -0.15) is 0 Å². The minimum absolute atomic E-state index is 0.0336. The van der Waals surface area contributed by atoms with Crippen LogP contribution in [-0.2, 0) is 35.1 Å². The summed E-state index contributed by atoms with van der Waals surface area (Å²) in [6, 6.07) is 11.9. The maximum Gasteiger partial charge on any atom is 0.309 e. The molecule has 4 saturated heterocycles. The monoisotopic (exact) mass is 488 g/mol. The number of morpholine rings is 2. The Morgan fingerprint density at radius 2 is 1.34 bits per heavy atom. The van der Waals surface area contributed by atoms with Gasteiger partial charge in [0, 0.05) is 30.7 Å². The molecule has 0 aromatic heterocycles. The molecule has 4 fully saturated rings. The van der Waals surface area contributed by atoms with E-state index in [1.165, 1.54) is 5.56 Å². The molecule has 4 heterocycles. The van der Waals surface area contributed by atoms with E-state index in [9.17, 15) is 9.59 Å². The predicted molar refractivity (Wildman–Crippen MR) is 131 cm³/mol. The van der Waals surface area contributed by atoms with Crippen molar-refractivity contribution in [1.29, 1.82) is 0 Å². The predicted octanol–water partition coefficient (Wildman–Crippen LogP) is 2.55. The van der Waals surface area contributed by atoms with E-state index in [2.05, 4.69) is 34.5 Å². The van der Waals surface area contributed by atoms with Crippen LogP contribution in [0.1, 0.15) is 45.1 Å². The highest BCUT2D eigenvalue weighted by Gasteiger charge is 2.41. The summed E-state index contributed by atoms with van der Waals surface area (Å²) >= 11 is 0. The van der Waals surface area contributed by atoms with Gasteiger partial charge in [0.1, 0.15) is 0 Å². The lowest BCUT2D eigenvalue weighted by molar-refractivity contribution is -0.157. The number of piperidine rings is 2. The summed E-state index contributed by atoms with van der Waals surface area (Å²) in [6.07, 6.45) is 3.41. The van der Waals surface area contributed by atoms with Gasteiger partial charge in [0.2, 0.25) is 0 Å². The Balaban J connectivity index is 0.000000179. The largest absolute Gasteiger partial charge is 0.466 e. The second kappa shape index (κ2) is 12.8. The van der Waals surface area contributed by atoms with Crippen molar-refractivity contribution >= 4 is 11.9 Å². The van der Waals surface area contributed by atoms with Gasteiger partial charge in [0.25, 0.3) is 0 Å². The van der Waals surface area contributed by atoms with Crippen molar-refractivity contribution in [3.05, 3.63) is 35.9 Å². The van der Waals surface area contributed by atoms with Crippen molar-refractivity contribution in [2.75, 3.05) is 39.6 Å². The number of fused-ring (bicyclic) bond motifs is 4. The molecular formula is C27H40N2O6. The van der Waals surface area contributed by atoms with Gasteiger partial charge in [-0.1, -0.05) is 30.3 Å². The first-order valence-electron chi connectivity index (χ1n) is 13.1. The first-order valence-corrected chi connectivity index (χ1v) is 13.1. The summed E-state index contributed by atoms with van der Waals surface area (Å²) in [5, 5.41) is 3.45. The third kappa shape index (κ3) is 7.03. The normalized spacial score (nSPS) is 32.1. The fraction of sp³-hybridized carbons (Fsp3) is 0.704. The number of benzene rings is 1. The smallest absolute Gasteiger partial charge is 0.309 e. The quantitative estimate of drug-likeness (QED) is 0.612. The number of hydrogen-bond donors (Lipinski definition) is 1. The average Bonchev–Trinajstić information content (AvgIpc) is 2.85. The zero-order valence-corrected chi connectivity index (χ0v) is 21.0. The van der Waals surface area contributed by atoms with E-state index in [1.807, 2.05) is 19.9 Å². The second-order valence-electron chi connectivity index (χ2n) is 9.94. The molecule has 0 spiro atoms. The first-order chi connectivity index (χ1) is 17.1. The summed E-state index contributed by atoms with van der Waals surface area (Å²) in [7, 11) is 0. The number of carbonyl (C=O) groups is 2. The standard InChI is InChI=1S/C17H23NO3.C10H17NO3/c1-2-21-17(19)14-8-15-11-20-12-16(9-14)18(15)10-13-6-4-3-5-7-13;1-2-14-10(12)7-3-8-5-13-6-9(4-7)11-8/h3-7,14-16H,2,8-12H2,1H3;7-9,11H,2-6H2,1H3. The lowest BCUT2D eigenvalue weighted by Crippen LogP contribution is -2.57. The molecule has 4 aliphatic heterocycles. The number of hydrogen-bond acceptors (Lipinski definition) is 8. The van der Waals surface area contributed by atoms with Crippen LogP contribution in [-0.4, -0.2) is 80.6 Å². The molecule has 1 N–H and O–H groups in total. The van der Waals surface area contributed by atoms with Gasteiger partial charge in [-0.25, -0.2) is 0 Å². The molecule has 4 aliphatic rings. The van der Waals surface area contributed by atoms with Gasteiger partial charge in [-0.05, 0) is 45.1 Å². The molecule has 5 rings (SSSR count). The zero-order valence-electron chi connectivity index (χ0n) is 21.0. The van der Waals surface area contributed by atoms with Crippen molar-refractivity contribution < 1.29 is 28.5 Å². The van der Waals surface area contributed by atoms with E-state index in [0.29, 0.717) is 37.4 Å². The van der Waals surface area contributed by atoms with Gasteiger partial charge >= 0.3 is 11.9 Å². The number of esters is 2. The lowest BCUT2D eigenvalue weighted by Gasteiger charge is -2.47. The summed E-state index contributed by atoms with van der Waals surface area (Å²) in [5.74, 6) is 0.0469. The SMILES string of the molecule is CCOC(=O)C1CC2COCC(C1)N2.CCOC(=O)C1CC2COCC(C1)N2Cc1ccccc1. The number of carbonyl (C=O) groups excluding carboxylic acids is 2. The molecule has 0 radical (unpaired) electrons. The molecule has 4 atom stereocenters. The molecule has 0 saturated carbocycles. The fourth-order valence-electron chi connectivity index (χ4n) is 5.78. The molecule has 1 aromatic carbocycles. The minimum atomic E-state index is -0.0362. The minimum Gasteiger partial charge on any atom is -0.466 e. The first kappa shape index (κ1) is 26.1. The summed E-state index contributed by atoms with van der Waals surface area (Å²) in [6.45, 7) is 8.51. The number of nitrogens with zero attached hydrogens (tertiary/aromatic N) is 1. The van der Waals surface area contributed by atoms with E-state index in [1.54, 1.807) is 0 Å². The van der Waals surface area contributed by atoms with Crippen LogP contribution in [0.4, 0.5) is 0 Å². The molecule has 194 valence electrons. The van der Waals surface area contributed by atoms with Crippen LogP contribution < -0.4 is 5.32 Å². The van der Waals surface area contributed by atoms with Crippen molar-refractivity contribution in [3.63, 3.8) is 0 Å². The summed E-state index contributed by atoms with van der Waals surface area (Å²) < 4.78 is 21.3. The molecular weight excluding hydrogens is 448 g/mol. The van der Waals surface area contributed by atoms with Crippen LogP contribution in [0.3, 0.4) is 0 Å².